The van der Waals surface area contributed by atoms with Crippen LogP contribution in [0.3, 0.4) is 0 Å². The Morgan fingerprint density at radius 2 is 1.02 bits per heavy atom. The molecule has 1 aromatic carbocycles. The fourth-order valence-corrected chi connectivity index (χ4v) is 8.74. The van der Waals surface area contributed by atoms with Crippen LogP contribution in [0, 0.1) is 0 Å². The lowest BCUT2D eigenvalue weighted by molar-refractivity contribution is -0.192. The summed E-state index contributed by atoms with van der Waals surface area (Å²) in [5.74, 6) is -0.446. The molecule has 320 valence electrons. The van der Waals surface area contributed by atoms with Crippen LogP contribution < -0.4 is 0 Å². The molecule has 1 saturated carbocycles. The highest BCUT2D eigenvalue weighted by atomic mass is 16.8. The highest BCUT2D eigenvalue weighted by molar-refractivity contribution is 5.67. The number of unbranched alkanes of at least 4 members (excludes halogenated alkanes) is 24. The van der Waals surface area contributed by atoms with Crippen molar-refractivity contribution < 1.29 is 19.0 Å². The molecule has 0 N–H and O–H groups in total. The third-order valence-corrected chi connectivity index (χ3v) is 12.4. The molecule has 1 heterocycles. The molecule has 1 aromatic rings. The predicted octanol–water partition coefficient (Wildman–Crippen LogP) is 15.8. The Bertz CT molecular complexity index is 1120. The molecule has 0 spiro atoms. The Kier molecular flexibility index (Phi) is 27.4. The van der Waals surface area contributed by atoms with Crippen LogP contribution >= 0.6 is 0 Å². The molecule has 0 aromatic heterocycles. The number of carbonyl (C=O) groups excluding carboxylic acids is 1. The fraction of sp³-hybridized carbons (Fsp3) is 0.784. The first-order valence-electron chi connectivity index (χ1n) is 24.2. The van der Waals surface area contributed by atoms with Crippen LogP contribution in [0.4, 0.5) is 4.79 Å². The van der Waals surface area contributed by atoms with Gasteiger partial charge >= 0.3 is 6.09 Å². The summed E-state index contributed by atoms with van der Waals surface area (Å²) in [5.41, 5.74) is 1.01. The van der Waals surface area contributed by atoms with E-state index in [4.69, 9.17) is 14.2 Å². The fourth-order valence-electron chi connectivity index (χ4n) is 8.74. The third kappa shape index (κ3) is 21.6. The summed E-state index contributed by atoms with van der Waals surface area (Å²) in [5, 5.41) is 0. The van der Waals surface area contributed by atoms with Gasteiger partial charge in [-0.15, -0.1) is 0 Å². The van der Waals surface area contributed by atoms with Crippen LogP contribution in [0.1, 0.15) is 225 Å². The quantitative estimate of drug-likeness (QED) is 0.0509. The molecule has 2 fully saturated rings. The van der Waals surface area contributed by atoms with E-state index < -0.39 is 5.79 Å². The summed E-state index contributed by atoms with van der Waals surface area (Å²) in [6.45, 7) is 4.86. The van der Waals surface area contributed by atoms with E-state index in [9.17, 15) is 4.79 Å². The molecule has 1 aliphatic heterocycles. The molecule has 4 atom stereocenters. The van der Waals surface area contributed by atoms with E-state index in [0.717, 1.165) is 44.1 Å². The van der Waals surface area contributed by atoms with Gasteiger partial charge in [0, 0.05) is 25.9 Å². The van der Waals surface area contributed by atoms with Gasteiger partial charge in [-0.05, 0) is 63.4 Å². The Balaban J connectivity index is 1.31. The second kappa shape index (κ2) is 31.8. The van der Waals surface area contributed by atoms with Crippen LogP contribution in [0.15, 0.2) is 54.6 Å². The predicted molar refractivity (Wildman–Crippen MR) is 238 cm³/mol. The van der Waals surface area contributed by atoms with E-state index in [0.29, 0.717) is 6.61 Å². The summed E-state index contributed by atoms with van der Waals surface area (Å²) in [6.07, 6.45) is 50.2. The van der Waals surface area contributed by atoms with Crippen molar-refractivity contribution in [3.63, 3.8) is 0 Å². The highest BCUT2D eigenvalue weighted by Crippen LogP contribution is 2.45. The second-order valence-electron chi connectivity index (χ2n) is 17.4. The largest absolute Gasteiger partial charge is 0.445 e. The SMILES string of the molecule is CCCCCC=CCC=CCCCCCCCCC1(CCCCCCCCCCCCCCCCCC)OC2CC(N(C)C(=O)OCc3ccccc3)C[C@@H]2O1. The first kappa shape index (κ1) is 48.3. The average Bonchev–Trinajstić information content (AvgIpc) is 3.76. The van der Waals surface area contributed by atoms with Crippen molar-refractivity contribution in [1.82, 2.24) is 4.90 Å². The summed E-state index contributed by atoms with van der Waals surface area (Å²) >= 11 is 0. The van der Waals surface area contributed by atoms with Gasteiger partial charge in [0.05, 0.1) is 12.2 Å². The van der Waals surface area contributed by atoms with E-state index in [2.05, 4.69) is 38.2 Å². The normalized spacial score (nSPS) is 20.7. The lowest BCUT2D eigenvalue weighted by Crippen LogP contribution is -2.38. The number of ether oxygens (including phenoxy) is 3. The zero-order chi connectivity index (χ0) is 39.8. The maximum Gasteiger partial charge on any atom is 0.410 e. The van der Waals surface area contributed by atoms with Crippen molar-refractivity contribution in [2.45, 2.75) is 250 Å². The van der Waals surface area contributed by atoms with Crippen LogP contribution in [0.5, 0.6) is 0 Å². The van der Waals surface area contributed by atoms with Gasteiger partial charge in [0.1, 0.15) is 6.61 Å². The maximum atomic E-state index is 12.9. The first-order valence-corrected chi connectivity index (χ1v) is 24.2. The molecule has 1 saturated heterocycles. The van der Waals surface area contributed by atoms with Crippen molar-refractivity contribution in [2.24, 2.45) is 0 Å². The lowest BCUT2D eigenvalue weighted by atomic mass is 9.98. The number of benzene rings is 1. The summed E-state index contributed by atoms with van der Waals surface area (Å²) in [7, 11) is 1.87. The minimum atomic E-state index is -0.446. The molecule has 3 rings (SSSR count). The zero-order valence-corrected chi connectivity index (χ0v) is 36.8. The summed E-state index contributed by atoms with van der Waals surface area (Å²) in [4.78, 5) is 14.7. The Morgan fingerprint density at radius 1 is 0.607 bits per heavy atom. The number of rotatable bonds is 35. The Labute approximate surface area is 346 Å². The van der Waals surface area contributed by atoms with Gasteiger partial charge in [-0.2, -0.15) is 0 Å². The molecule has 5 nitrogen and oxygen atoms in total. The van der Waals surface area contributed by atoms with Gasteiger partial charge in [0.2, 0.25) is 0 Å². The highest BCUT2D eigenvalue weighted by Gasteiger charge is 2.52. The molecule has 0 bridgehead atoms. The van der Waals surface area contributed by atoms with Gasteiger partial charge in [-0.25, -0.2) is 4.79 Å². The van der Waals surface area contributed by atoms with Crippen LogP contribution in [-0.2, 0) is 20.8 Å². The summed E-state index contributed by atoms with van der Waals surface area (Å²) < 4.78 is 19.4. The Hall–Kier alpha value is -2.11. The zero-order valence-electron chi connectivity index (χ0n) is 36.8. The first-order chi connectivity index (χ1) is 27.6. The van der Waals surface area contributed by atoms with Gasteiger partial charge in [0.15, 0.2) is 5.79 Å². The molecule has 1 aliphatic carbocycles. The smallest absolute Gasteiger partial charge is 0.410 e. The minimum absolute atomic E-state index is 0.0648. The number of amides is 1. The standard InChI is InChI=1S/C51H87NO4/c1-4-6-8-10-12-14-16-18-20-22-24-26-28-30-32-37-41-51(42-38-33-31-29-27-25-23-21-19-17-15-13-11-9-7-5-2)55-48-43-47(44-49(48)56-51)52(3)50(53)54-45-46-39-35-34-36-40-46/h12,14,18,20,34-36,39-40,47-49H,4-11,13,15-17,19,21-33,37-38,41-45H2,1-3H3/t47?,48-,49?,51?/m0/s1. The number of hydrogen-bond acceptors (Lipinski definition) is 4. The molecule has 56 heavy (non-hydrogen) atoms. The second-order valence-corrected chi connectivity index (χ2v) is 17.4. The number of carbonyl (C=O) groups is 1. The molecular formula is C51H87NO4. The number of hydrogen-bond donors (Lipinski definition) is 0. The van der Waals surface area contributed by atoms with E-state index in [-0.39, 0.29) is 24.3 Å². The van der Waals surface area contributed by atoms with Gasteiger partial charge < -0.3 is 19.1 Å². The van der Waals surface area contributed by atoms with Crippen molar-refractivity contribution in [3.05, 3.63) is 60.2 Å². The van der Waals surface area contributed by atoms with Crippen LogP contribution in [0.2, 0.25) is 0 Å². The van der Waals surface area contributed by atoms with Gasteiger partial charge in [-0.1, -0.05) is 203 Å². The van der Waals surface area contributed by atoms with Crippen molar-refractivity contribution in [2.75, 3.05) is 7.05 Å². The third-order valence-electron chi connectivity index (χ3n) is 12.4. The average molecular weight is 778 g/mol. The van der Waals surface area contributed by atoms with Crippen molar-refractivity contribution in [1.29, 1.82) is 0 Å². The van der Waals surface area contributed by atoms with Crippen LogP contribution in [0.25, 0.3) is 0 Å². The molecule has 0 radical (unpaired) electrons. The number of nitrogens with zero attached hydrogens (tertiary/aromatic N) is 1. The van der Waals surface area contributed by atoms with Gasteiger partial charge in [0.25, 0.3) is 0 Å². The number of allylic oxidation sites excluding steroid dienone is 4. The van der Waals surface area contributed by atoms with Crippen molar-refractivity contribution >= 4 is 6.09 Å². The Morgan fingerprint density at radius 3 is 1.50 bits per heavy atom. The number of fused-ring (bicyclic) bond motifs is 1. The van der Waals surface area contributed by atoms with Crippen LogP contribution in [-0.4, -0.2) is 42.1 Å². The molecule has 3 unspecified atom stereocenters. The van der Waals surface area contributed by atoms with Crippen molar-refractivity contribution in [3.8, 4) is 0 Å². The minimum Gasteiger partial charge on any atom is -0.445 e. The van der Waals surface area contributed by atoms with E-state index in [1.807, 2.05) is 37.4 Å². The monoisotopic (exact) mass is 778 g/mol. The molecule has 5 heteroatoms. The summed E-state index contributed by atoms with van der Waals surface area (Å²) in [6, 6.07) is 9.99. The molecular weight excluding hydrogens is 691 g/mol. The lowest BCUT2D eigenvalue weighted by Gasteiger charge is -2.31. The van der Waals surface area contributed by atoms with Gasteiger partial charge in [-0.3, -0.25) is 0 Å². The topological polar surface area (TPSA) is 48.0 Å². The van der Waals surface area contributed by atoms with E-state index in [1.54, 1.807) is 4.90 Å². The van der Waals surface area contributed by atoms with E-state index in [1.165, 1.54) is 167 Å². The maximum absolute atomic E-state index is 12.9. The van der Waals surface area contributed by atoms with E-state index >= 15 is 0 Å². The molecule has 2 aliphatic rings. The molecule has 1 amide bonds.